The van der Waals surface area contributed by atoms with Crippen molar-refractivity contribution in [2.75, 3.05) is 6.54 Å². The molecule has 0 aliphatic heterocycles. The first-order valence-electron chi connectivity index (χ1n) is 7.59. The fourth-order valence-electron chi connectivity index (χ4n) is 2.74. The number of hydrogen-bond acceptors (Lipinski definition) is 2. The third-order valence-electron chi connectivity index (χ3n) is 4.28. The average Bonchev–Trinajstić information content (AvgIpc) is 2.76. The largest absolute Gasteiger partial charge is 0.309 e. The molecule has 0 radical (unpaired) electrons. The lowest BCUT2D eigenvalue weighted by Gasteiger charge is -2.20. The zero-order valence-corrected chi connectivity index (χ0v) is 14.2. The summed E-state index contributed by atoms with van der Waals surface area (Å²) in [6.45, 7) is 15.1. The molecule has 0 spiro atoms. The van der Waals surface area contributed by atoms with Crippen LogP contribution in [0, 0.1) is 11.3 Å². The van der Waals surface area contributed by atoms with Crippen LogP contribution in [-0.2, 0) is 5.41 Å². The minimum absolute atomic E-state index is 0.275. The molecule has 0 bridgehead atoms. The molecule has 0 saturated heterocycles. The lowest BCUT2D eigenvalue weighted by atomic mass is 9.95. The summed E-state index contributed by atoms with van der Waals surface area (Å²) >= 11 is 2.00. The summed E-state index contributed by atoms with van der Waals surface area (Å²) in [5.74, 6) is 0.811. The van der Waals surface area contributed by atoms with Gasteiger partial charge in [0.05, 0.1) is 0 Å². The zero-order valence-electron chi connectivity index (χ0n) is 13.3. The van der Waals surface area contributed by atoms with Gasteiger partial charge in [0.15, 0.2) is 0 Å². The Hall–Kier alpha value is -0.340. The van der Waals surface area contributed by atoms with E-state index in [1.54, 1.807) is 0 Å². The molecule has 1 heterocycles. The SMILES string of the molecule is CCCNC(c1ccc(C(C)(C)C)s1)C1CC1(C)C. The Balaban J connectivity index is 2.17. The van der Waals surface area contributed by atoms with Gasteiger partial charge in [-0.15, -0.1) is 11.3 Å². The van der Waals surface area contributed by atoms with Crippen LogP contribution in [0.5, 0.6) is 0 Å². The highest BCUT2D eigenvalue weighted by atomic mass is 32.1. The zero-order chi connectivity index (χ0) is 14.3. The van der Waals surface area contributed by atoms with Gasteiger partial charge in [-0.25, -0.2) is 0 Å². The van der Waals surface area contributed by atoms with Gasteiger partial charge in [0.1, 0.15) is 0 Å². The molecule has 0 amide bonds. The third kappa shape index (κ3) is 3.41. The van der Waals surface area contributed by atoms with E-state index in [-0.39, 0.29) is 5.41 Å². The van der Waals surface area contributed by atoms with Crippen LogP contribution in [0.3, 0.4) is 0 Å². The summed E-state index contributed by atoms with van der Waals surface area (Å²) in [7, 11) is 0. The van der Waals surface area contributed by atoms with Crippen LogP contribution in [0.25, 0.3) is 0 Å². The van der Waals surface area contributed by atoms with E-state index in [9.17, 15) is 0 Å². The smallest absolute Gasteiger partial charge is 0.0448 e. The Kier molecular flexibility index (Phi) is 4.13. The Morgan fingerprint density at radius 1 is 1.37 bits per heavy atom. The molecule has 0 aromatic carbocycles. The van der Waals surface area contributed by atoms with E-state index in [2.05, 4.69) is 59.0 Å². The average molecular weight is 279 g/mol. The number of nitrogens with one attached hydrogen (secondary N) is 1. The summed E-state index contributed by atoms with van der Waals surface area (Å²) in [6.07, 6.45) is 2.57. The van der Waals surface area contributed by atoms with E-state index in [4.69, 9.17) is 0 Å². The monoisotopic (exact) mass is 279 g/mol. The van der Waals surface area contributed by atoms with Crippen LogP contribution in [0.15, 0.2) is 12.1 Å². The van der Waals surface area contributed by atoms with Gasteiger partial charge in [0, 0.05) is 15.8 Å². The Morgan fingerprint density at radius 2 is 2.00 bits per heavy atom. The van der Waals surface area contributed by atoms with Gasteiger partial charge in [-0.1, -0.05) is 41.5 Å². The van der Waals surface area contributed by atoms with Gasteiger partial charge in [0.25, 0.3) is 0 Å². The fourth-order valence-corrected chi connectivity index (χ4v) is 3.95. The molecule has 2 heteroatoms. The molecule has 1 fully saturated rings. The standard InChI is InChI=1S/C17H29NS/c1-7-10-18-15(12-11-17(12,5)6)13-8-9-14(19-13)16(2,3)4/h8-9,12,15,18H,7,10-11H2,1-6H3. The Morgan fingerprint density at radius 3 is 2.42 bits per heavy atom. The molecular formula is C17H29NS. The third-order valence-corrected chi connectivity index (χ3v) is 5.87. The molecule has 1 aromatic heterocycles. The molecule has 1 aliphatic rings. The molecule has 1 saturated carbocycles. The second kappa shape index (κ2) is 5.21. The van der Waals surface area contributed by atoms with Crippen molar-refractivity contribution >= 4 is 11.3 Å². The highest BCUT2D eigenvalue weighted by Crippen LogP contribution is 2.58. The quantitative estimate of drug-likeness (QED) is 0.787. The van der Waals surface area contributed by atoms with Crippen LogP contribution < -0.4 is 5.32 Å². The summed E-state index contributed by atoms with van der Waals surface area (Å²) in [4.78, 5) is 3.04. The number of thiophene rings is 1. The van der Waals surface area contributed by atoms with E-state index in [0.717, 1.165) is 12.5 Å². The maximum absolute atomic E-state index is 3.78. The number of rotatable bonds is 5. The molecule has 1 aliphatic carbocycles. The normalized spacial score (nSPS) is 23.4. The minimum Gasteiger partial charge on any atom is -0.309 e. The van der Waals surface area contributed by atoms with E-state index in [1.807, 2.05) is 11.3 Å². The first kappa shape index (κ1) is 15.1. The first-order valence-corrected chi connectivity index (χ1v) is 8.41. The Bertz CT molecular complexity index is 425. The van der Waals surface area contributed by atoms with Crippen molar-refractivity contribution in [3.05, 3.63) is 21.9 Å². The number of hydrogen-bond donors (Lipinski definition) is 1. The highest BCUT2D eigenvalue weighted by Gasteiger charge is 2.50. The van der Waals surface area contributed by atoms with Crippen molar-refractivity contribution in [3.8, 4) is 0 Å². The lowest BCUT2D eigenvalue weighted by molar-refractivity contribution is 0.421. The predicted octanol–water partition coefficient (Wildman–Crippen LogP) is 5.13. The molecule has 1 nitrogen and oxygen atoms in total. The predicted molar refractivity (Wildman–Crippen MR) is 85.9 cm³/mol. The van der Waals surface area contributed by atoms with E-state index >= 15 is 0 Å². The maximum Gasteiger partial charge on any atom is 0.0448 e. The van der Waals surface area contributed by atoms with Crippen LogP contribution in [0.2, 0.25) is 0 Å². The summed E-state index contributed by atoms with van der Waals surface area (Å²) in [5.41, 5.74) is 0.800. The maximum atomic E-state index is 3.78. The van der Waals surface area contributed by atoms with Crippen molar-refractivity contribution in [2.24, 2.45) is 11.3 Å². The first-order chi connectivity index (χ1) is 8.75. The highest BCUT2D eigenvalue weighted by molar-refractivity contribution is 7.12. The summed E-state index contributed by atoms with van der Waals surface area (Å²) < 4.78 is 0. The van der Waals surface area contributed by atoms with Crippen LogP contribution >= 0.6 is 11.3 Å². The molecule has 2 unspecified atom stereocenters. The summed E-state index contributed by atoms with van der Waals surface area (Å²) in [6, 6.07) is 5.25. The molecule has 1 aromatic rings. The van der Waals surface area contributed by atoms with Crippen LogP contribution in [0.1, 0.15) is 70.2 Å². The summed E-state index contributed by atoms with van der Waals surface area (Å²) in [5, 5.41) is 3.78. The molecule has 1 N–H and O–H groups in total. The van der Waals surface area contributed by atoms with Gasteiger partial charge < -0.3 is 5.32 Å². The molecule has 2 rings (SSSR count). The second-order valence-electron chi connectivity index (χ2n) is 7.68. The Labute approximate surface area is 122 Å². The van der Waals surface area contributed by atoms with Crippen molar-refractivity contribution in [1.29, 1.82) is 0 Å². The minimum atomic E-state index is 0.275. The lowest BCUT2D eigenvalue weighted by Crippen LogP contribution is -2.24. The van der Waals surface area contributed by atoms with Gasteiger partial charge in [-0.05, 0) is 48.3 Å². The van der Waals surface area contributed by atoms with Gasteiger partial charge in [0.2, 0.25) is 0 Å². The van der Waals surface area contributed by atoms with Gasteiger partial charge >= 0.3 is 0 Å². The molecule has 108 valence electrons. The van der Waals surface area contributed by atoms with Crippen LogP contribution in [-0.4, -0.2) is 6.54 Å². The van der Waals surface area contributed by atoms with E-state index in [1.165, 1.54) is 22.6 Å². The van der Waals surface area contributed by atoms with Crippen molar-refractivity contribution in [2.45, 2.75) is 65.8 Å². The molecule has 19 heavy (non-hydrogen) atoms. The molecule has 2 atom stereocenters. The second-order valence-corrected chi connectivity index (χ2v) is 8.80. The van der Waals surface area contributed by atoms with Gasteiger partial charge in [-0.3, -0.25) is 0 Å². The van der Waals surface area contributed by atoms with Gasteiger partial charge in [-0.2, -0.15) is 0 Å². The van der Waals surface area contributed by atoms with Crippen molar-refractivity contribution < 1.29 is 0 Å². The fraction of sp³-hybridized carbons (Fsp3) is 0.765. The molecular weight excluding hydrogens is 250 g/mol. The van der Waals surface area contributed by atoms with Crippen LogP contribution in [0.4, 0.5) is 0 Å². The van der Waals surface area contributed by atoms with Crippen molar-refractivity contribution in [3.63, 3.8) is 0 Å². The van der Waals surface area contributed by atoms with Crippen molar-refractivity contribution in [1.82, 2.24) is 5.32 Å². The van der Waals surface area contributed by atoms with E-state index < -0.39 is 0 Å². The topological polar surface area (TPSA) is 12.0 Å². The van der Waals surface area contributed by atoms with E-state index in [0.29, 0.717) is 11.5 Å².